The maximum Gasteiger partial charge on any atom is 0.123 e. The summed E-state index contributed by atoms with van der Waals surface area (Å²) in [5.74, 6) is 2.84. The van der Waals surface area contributed by atoms with Crippen LogP contribution >= 0.6 is 39.3 Å². The first-order valence-electron chi connectivity index (χ1n) is 5.44. The molecule has 0 aliphatic heterocycles. The van der Waals surface area contributed by atoms with Gasteiger partial charge in [0.25, 0.3) is 0 Å². The Balaban J connectivity index is 1.95. The van der Waals surface area contributed by atoms with Crippen molar-refractivity contribution >= 4 is 45.0 Å². The predicted octanol–water partition coefficient (Wildman–Crippen LogP) is 5.17. The van der Waals surface area contributed by atoms with E-state index in [-0.39, 0.29) is 0 Å². The van der Waals surface area contributed by atoms with E-state index in [9.17, 15) is 0 Å². The highest BCUT2D eigenvalue weighted by atomic mass is 79.9. The maximum atomic E-state index is 6.03. The van der Waals surface area contributed by atoms with E-state index >= 15 is 0 Å². The number of nitrogens with one attached hydrogen (secondary N) is 1. The van der Waals surface area contributed by atoms with Gasteiger partial charge in [0.2, 0.25) is 0 Å². The quantitative estimate of drug-likeness (QED) is 0.808. The van der Waals surface area contributed by atoms with E-state index < -0.39 is 0 Å². The van der Waals surface area contributed by atoms with Gasteiger partial charge < -0.3 is 9.73 Å². The van der Waals surface area contributed by atoms with Gasteiger partial charge in [0, 0.05) is 10.2 Å². The fourth-order valence-electron chi connectivity index (χ4n) is 1.53. The molecule has 1 heterocycles. The van der Waals surface area contributed by atoms with Crippen molar-refractivity contribution in [3.63, 3.8) is 0 Å². The highest BCUT2D eigenvalue weighted by Gasteiger charge is 2.03. The number of rotatable bonds is 5. The van der Waals surface area contributed by atoms with Crippen molar-refractivity contribution in [2.45, 2.75) is 12.3 Å². The van der Waals surface area contributed by atoms with E-state index in [0.717, 1.165) is 27.4 Å². The highest BCUT2D eigenvalue weighted by molar-refractivity contribution is 9.10. The number of benzene rings is 1. The molecule has 0 saturated heterocycles. The molecule has 2 rings (SSSR count). The van der Waals surface area contributed by atoms with Gasteiger partial charge in [0.15, 0.2) is 0 Å². The lowest BCUT2D eigenvalue weighted by Crippen LogP contribution is -1.97. The molecule has 0 fully saturated rings. The molecule has 0 unspecified atom stereocenters. The van der Waals surface area contributed by atoms with Crippen molar-refractivity contribution in [3.05, 3.63) is 51.3 Å². The second-order valence-electron chi connectivity index (χ2n) is 3.78. The Hall–Kier alpha value is -0.580. The average Bonchev–Trinajstić information content (AvgIpc) is 2.79. The van der Waals surface area contributed by atoms with E-state index in [4.69, 9.17) is 16.0 Å². The zero-order valence-corrected chi connectivity index (χ0v) is 13.0. The van der Waals surface area contributed by atoms with Crippen LogP contribution < -0.4 is 5.32 Å². The molecule has 96 valence electrons. The van der Waals surface area contributed by atoms with Crippen LogP contribution in [-0.2, 0) is 12.3 Å². The maximum absolute atomic E-state index is 6.03. The van der Waals surface area contributed by atoms with Crippen molar-refractivity contribution in [1.29, 1.82) is 0 Å². The van der Waals surface area contributed by atoms with Gasteiger partial charge in [-0.2, -0.15) is 11.8 Å². The minimum Gasteiger partial charge on any atom is -0.463 e. The van der Waals surface area contributed by atoms with Gasteiger partial charge in [-0.15, -0.1) is 0 Å². The van der Waals surface area contributed by atoms with Gasteiger partial charge in [-0.3, -0.25) is 0 Å². The summed E-state index contributed by atoms with van der Waals surface area (Å²) in [5, 5.41) is 3.98. The first-order valence-corrected chi connectivity index (χ1v) is 8.01. The molecule has 0 amide bonds. The predicted molar refractivity (Wildman–Crippen MR) is 82.4 cm³/mol. The van der Waals surface area contributed by atoms with Crippen LogP contribution in [0.2, 0.25) is 5.02 Å². The fraction of sp³-hybridized carbons (Fsp3) is 0.231. The minimum absolute atomic E-state index is 0.659. The summed E-state index contributed by atoms with van der Waals surface area (Å²) in [4.78, 5) is 0. The molecular formula is C13H13BrClNOS. The summed E-state index contributed by atoms with van der Waals surface area (Å²) in [6.07, 6.45) is 2.06. The normalized spacial score (nSPS) is 10.6. The number of hydrogen-bond donors (Lipinski definition) is 1. The molecule has 0 spiro atoms. The summed E-state index contributed by atoms with van der Waals surface area (Å²) in [6.45, 7) is 0.659. The van der Waals surface area contributed by atoms with Crippen molar-refractivity contribution in [1.82, 2.24) is 0 Å². The molecule has 1 aromatic heterocycles. The van der Waals surface area contributed by atoms with Crippen LogP contribution in [0.4, 0.5) is 5.69 Å². The SMILES string of the molecule is CSCc1ccc(CNc2ccc(Br)c(Cl)c2)o1. The first kappa shape index (κ1) is 13.8. The summed E-state index contributed by atoms with van der Waals surface area (Å²) in [5.41, 5.74) is 0.978. The van der Waals surface area contributed by atoms with Gasteiger partial charge in [0.1, 0.15) is 11.5 Å². The highest BCUT2D eigenvalue weighted by Crippen LogP contribution is 2.25. The average molecular weight is 347 g/mol. The number of halogens is 2. The number of thioether (sulfide) groups is 1. The molecule has 0 radical (unpaired) electrons. The lowest BCUT2D eigenvalue weighted by molar-refractivity contribution is 0.487. The summed E-state index contributed by atoms with van der Waals surface area (Å²) < 4.78 is 6.57. The molecule has 18 heavy (non-hydrogen) atoms. The van der Waals surface area contributed by atoms with Gasteiger partial charge in [-0.25, -0.2) is 0 Å². The van der Waals surface area contributed by atoms with Crippen LogP contribution in [0.1, 0.15) is 11.5 Å². The number of furan rings is 1. The Labute approximate surface area is 124 Å². The Morgan fingerprint density at radius 1 is 1.28 bits per heavy atom. The topological polar surface area (TPSA) is 25.2 Å². The van der Waals surface area contributed by atoms with E-state index in [1.807, 2.05) is 30.3 Å². The summed E-state index contributed by atoms with van der Waals surface area (Å²) >= 11 is 11.1. The molecule has 0 atom stereocenters. The van der Waals surface area contributed by atoms with E-state index in [2.05, 4.69) is 27.5 Å². The molecule has 0 saturated carbocycles. The van der Waals surface area contributed by atoms with Crippen LogP contribution in [0.25, 0.3) is 0 Å². The second-order valence-corrected chi connectivity index (χ2v) is 5.91. The largest absolute Gasteiger partial charge is 0.463 e. The third-order valence-electron chi connectivity index (χ3n) is 2.39. The molecule has 5 heteroatoms. The summed E-state index contributed by atoms with van der Waals surface area (Å²) in [6, 6.07) is 9.80. The van der Waals surface area contributed by atoms with E-state index in [1.54, 1.807) is 11.8 Å². The zero-order chi connectivity index (χ0) is 13.0. The van der Waals surface area contributed by atoms with Crippen molar-refractivity contribution in [2.75, 3.05) is 11.6 Å². The van der Waals surface area contributed by atoms with Crippen molar-refractivity contribution in [2.24, 2.45) is 0 Å². The van der Waals surface area contributed by atoms with E-state index in [0.29, 0.717) is 11.6 Å². The van der Waals surface area contributed by atoms with Crippen LogP contribution in [0.15, 0.2) is 39.2 Å². The fourth-order valence-corrected chi connectivity index (χ4v) is 2.40. The minimum atomic E-state index is 0.659. The Bertz CT molecular complexity index is 529. The molecule has 2 nitrogen and oxygen atoms in total. The van der Waals surface area contributed by atoms with Gasteiger partial charge >= 0.3 is 0 Å². The molecule has 1 N–H and O–H groups in total. The Morgan fingerprint density at radius 3 is 2.78 bits per heavy atom. The Morgan fingerprint density at radius 2 is 2.06 bits per heavy atom. The van der Waals surface area contributed by atoms with Gasteiger partial charge in [-0.05, 0) is 52.5 Å². The Kier molecular flexibility index (Phi) is 5.03. The second kappa shape index (κ2) is 6.55. The van der Waals surface area contributed by atoms with Crippen molar-refractivity contribution in [3.8, 4) is 0 Å². The zero-order valence-electron chi connectivity index (χ0n) is 9.87. The van der Waals surface area contributed by atoms with Crippen LogP contribution in [0, 0.1) is 0 Å². The monoisotopic (exact) mass is 345 g/mol. The molecular weight excluding hydrogens is 334 g/mol. The number of hydrogen-bond acceptors (Lipinski definition) is 3. The molecule has 2 aromatic rings. The lowest BCUT2D eigenvalue weighted by atomic mass is 10.3. The third kappa shape index (κ3) is 3.70. The third-order valence-corrected chi connectivity index (χ3v) is 4.20. The van der Waals surface area contributed by atoms with E-state index in [1.165, 1.54) is 0 Å². The van der Waals surface area contributed by atoms with Crippen LogP contribution in [-0.4, -0.2) is 6.26 Å². The van der Waals surface area contributed by atoms with Crippen molar-refractivity contribution < 1.29 is 4.42 Å². The first-order chi connectivity index (χ1) is 8.69. The standard InChI is InChI=1S/C13H13BrClNOS/c1-18-8-11-4-3-10(17-11)7-16-9-2-5-12(14)13(15)6-9/h2-6,16H,7-8H2,1H3. The molecule has 0 aliphatic carbocycles. The van der Waals surface area contributed by atoms with Crippen LogP contribution in [0.5, 0.6) is 0 Å². The lowest BCUT2D eigenvalue weighted by Gasteiger charge is -2.05. The van der Waals surface area contributed by atoms with Gasteiger partial charge in [0.05, 0.1) is 17.3 Å². The molecule has 0 bridgehead atoms. The molecule has 1 aromatic carbocycles. The molecule has 0 aliphatic rings. The van der Waals surface area contributed by atoms with Gasteiger partial charge in [-0.1, -0.05) is 11.6 Å². The smallest absolute Gasteiger partial charge is 0.123 e. The summed E-state index contributed by atoms with van der Waals surface area (Å²) in [7, 11) is 0. The number of anilines is 1. The van der Waals surface area contributed by atoms with Crippen LogP contribution in [0.3, 0.4) is 0 Å².